The Kier molecular flexibility index (Phi) is 12.5. The molecule has 0 aliphatic carbocycles. The fourth-order valence-electron chi connectivity index (χ4n) is 4.68. The van der Waals surface area contributed by atoms with Crippen molar-refractivity contribution >= 4 is 20.4 Å². The van der Waals surface area contributed by atoms with Crippen molar-refractivity contribution < 1.29 is 33.3 Å². The molecule has 46 heavy (non-hydrogen) atoms. The van der Waals surface area contributed by atoms with Gasteiger partial charge in [-0.2, -0.15) is 0 Å². The number of carbonyl (C=O) groups is 2. The van der Waals surface area contributed by atoms with Gasteiger partial charge in [-0.25, -0.2) is 9.59 Å². The first-order valence-electron chi connectivity index (χ1n) is 15.8. The van der Waals surface area contributed by atoms with Crippen LogP contribution in [-0.4, -0.2) is 43.7 Å². The highest BCUT2D eigenvalue weighted by atomic mass is 28.4. The largest absolute Gasteiger partial charge is 0.485 e. The summed E-state index contributed by atoms with van der Waals surface area (Å²) in [5.41, 5.74) is 1.85. The zero-order valence-electron chi connectivity index (χ0n) is 28.8. The second-order valence-electron chi connectivity index (χ2n) is 14.3. The van der Waals surface area contributed by atoms with E-state index in [0.717, 1.165) is 11.1 Å². The van der Waals surface area contributed by atoms with Gasteiger partial charge in [0.25, 0.3) is 0 Å². The minimum absolute atomic E-state index is 0.0284. The maximum Gasteiger partial charge on any atom is 0.408 e. The molecule has 3 rings (SSSR count). The van der Waals surface area contributed by atoms with Crippen LogP contribution in [0.25, 0.3) is 0 Å². The van der Waals surface area contributed by atoms with E-state index in [-0.39, 0.29) is 11.0 Å². The molecule has 0 aliphatic heterocycles. The highest BCUT2D eigenvalue weighted by molar-refractivity contribution is 6.74. The molecular weight excluding hydrogens is 598 g/mol. The number of ether oxygens (including phenoxy) is 3. The average molecular weight is 650 g/mol. The lowest BCUT2D eigenvalue weighted by Gasteiger charge is -2.38. The number of carboxylic acids is 1. The fraction of sp³-hybridized carbons (Fsp3) is 0.459. The van der Waals surface area contributed by atoms with Crippen molar-refractivity contribution in [3.63, 3.8) is 0 Å². The normalized spacial score (nSPS) is 14.1. The number of amides is 1. The van der Waals surface area contributed by atoms with Crippen LogP contribution in [0.1, 0.15) is 71.1 Å². The first-order chi connectivity index (χ1) is 21.5. The van der Waals surface area contributed by atoms with Gasteiger partial charge < -0.3 is 29.1 Å². The van der Waals surface area contributed by atoms with Crippen LogP contribution in [-0.2, 0) is 27.2 Å². The Bertz CT molecular complexity index is 1420. The zero-order valence-corrected chi connectivity index (χ0v) is 29.8. The van der Waals surface area contributed by atoms with Crippen molar-refractivity contribution in [3.8, 4) is 11.5 Å². The lowest BCUT2D eigenvalue weighted by atomic mass is 9.81. The Hall–Kier alpha value is -3.82. The summed E-state index contributed by atoms with van der Waals surface area (Å²) in [7, 11) is -2.16. The van der Waals surface area contributed by atoms with E-state index in [4.69, 9.17) is 18.6 Å². The summed E-state index contributed by atoms with van der Waals surface area (Å²) in [5, 5.41) is 13.1. The van der Waals surface area contributed by atoms with Crippen molar-refractivity contribution in [3.05, 3.63) is 95.6 Å². The van der Waals surface area contributed by atoms with Crippen molar-refractivity contribution in [2.45, 2.75) is 97.4 Å². The van der Waals surface area contributed by atoms with Crippen molar-refractivity contribution in [2.24, 2.45) is 5.92 Å². The van der Waals surface area contributed by atoms with Crippen molar-refractivity contribution in [2.75, 3.05) is 6.61 Å². The van der Waals surface area contributed by atoms with E-state index in [1.807, 2.05) is 79.7 Å². The van der Waals surface area contributed by atoms with Gasteiger partial charge in [-0.3, -0.25) is 0 Å². The molecule has 0 saturated carbocycles. The van der Waals surface area contributed by atoms with Gasteiger partial charge in [0.05, 0.1) is 0 Å². The summed E-state index contributed by atoms with van der Waals surface area (Å²) >= 11 is 0. The molecule has 3 aromatic carbocycles. The molecule has 0 saturated heterocycles. The van der Waals surface area contributed by atoms with E-state index in [9.17, 15) is 14.7 Å². The van der Waals surface area contributed by atoms with Crippen LogP contribution in [0.3, 0.4) is 0 Å². The lowest BCUT2D eigenvalue weighted by Crippen LogP contribution is -2.49. The summed E-state index contributed by atoms with van der Waals surface area (Å²) in [5.74, 6) is -1.16. The Balaban J connectivity index is 2.04. The van der Waals surface area contributed by atoms with Gasteiger partial charge in [0, 0.05) is 12.5 Å². The Morgan fingerprint density at radius 1 is 0.804 bits per heavy atom. The summed E-state index contributed by atoms with van der Waals surface area (Å²) < 4.78 is 24.6. The fourth-order valence-corrected chi connectivity index (χ4v) is 5.80. The predicted molar refractivity (Wildman–Crippen MR) is 184 cm³/mol. The summed E-state index contributed by atoms with van der Waals surface area (Å²) in [6, 6.07) is 23.8. The highest BCUT2D eigenvalue weighted by Gasteiger charge is 2.40. The summed E-state index contributed by atoms with van der Waals surface area (Å²) in [6.45, 7) is 18.9. The number of carboxylic acid groups (broad SMARTS) is 1. The number of alkyl carbamates (subject to hydrolysis) is 1. The number of nitrogens with one attached hydrogen (secondary N) is 1. The molecule has 0 spiro atoms. The van der Waals surface area contributed by atoms with E-state index >= 15 is 0 Å². The molecule has 2 N–H and O–H groups in total. The SMILES string of the molecule is CC(CO[Si](C)(C)C(C)(C)C)C(c1ccc(OCc2ccccc2)c(OCc2ccccc2)c1)[C@H](NC(=O)OC(C)(C)C)C(=O)O. The topological polar surface area (TPSA) is 103 Å². The minimum Gasteiger partial charge on any atom is -0.485 e. The van der Waals surface area contributed by atoms with Crippen LogP contribution in [0.5, 0.6) is 11.5 Å². The average Bonchev–Trinajstić information content (AvgIpc) is 2.97. The van der Waals surface area contributed by atoms with E-state index < -0.39 is 37.9 Å². The van der Waals surface area contributed by atoms with E-state index in [1.54, 1.807) is 26.8 Å². The third-order valence-electron chi connectivity index (χ3n) is 8.25. The van der Waals surface area contributed by atoms with Crippen LogP contribution >= 0.6 is 0 Å². The van der Waals surface area contributed by atoms with Crippen LogP contribution in [0.2, 0.25) is 18.1 Å². The Morgan fingerprint density at radius 3 is 1.80 bits per heavy atom. The van der Waals surface area contributed by atoms with Gasteiger partial charge in [0.15, 0.2) is 19.8 Å². The molecular formula is C37H51NO7Si. The van der Waals surface area contributed by atoms with Crippen LogP contribution in [0, 0.1) is 5.92 Å². The third-order valence-corrected chi connectivity index (χ3v) is 12.8. The monoisotopic (exact) mass is 649 g/mol. The molecule has 250 valence electrons. The van der Waals surface area contributed by atoms with Gasteiger partial charge >= 0.3 is 12.1 Å². The Labute approximate surface area is 275 Å². The molecule has 0 radical (unpaired) electrons. The summed E-state index contributed by atoms with van der Waals surface area (Å²) in [6.07, 6.45) is -0.800. The van der Waals surface area contributed by atoms with E-state index in [2.05, 4.69) is 39.2 Å². The molecule has 2 unspecified atom stereocenters. The molecule has 1 amide bonds. The number of hydrogen-bond acceptors (Lipinski definition) is 6. The number of carbonyl (C=O) groups excluding carboxylic acids is 1. The minimum atomic E-state index is -2.16. The lowest BCUT2D eigenvalue weighted by molar-refractivity contribution is -0.140. The molecule has 0 aromatic heterocycles. The van der Waals surface area contributed by atoms with E-state index in [1.165, 1.54) is 0 Å². The number of hydrogen-bond donors (Lipinski definition) is 2. The number of aliphatic carboxylic acids is 1. The first kappa shape index (κ1) is 36.6. The third kappa shape index (κ3) is 10.9. The van der Waals surface area contributed by atoms with Crippen LogP contribution in [0.4, 0.5) is 4.79 Å². The molecule has 0 fully saturated rings. The Morgan fingerprint density at radius 2 is 1.33 bits per heavy atom. The zero-order chi connectivity index (χ0) is 34.1. The molecule has 3 atom stereocenters. The van der Waals surface area contributed by atoms with Gasteiger partial charge in [0.1, 0.15) is 24.9 Å². The van der Waals surface area contributed by atoms with Gasteiger partial charge in [-0.15, -0.1) is 0 Å². The second kappa shape index (κ2) is 15.6. The molecule has 8 nitrogen and oxygen atoms in total. The van der Waals surface area contributed by atoms with E-state index in [0.29, 0.717) is 36.9 Å². The molecule has 3 aromatic rings. The van der Waals surface area contributed by atoms with Crippen LogP contribution < -0.4 is 14.8 Å². The molecule has 0 aliphatic rings. The molecule has 0 bridgehead atoms. The maximum atomic E-state index is 12.9. The second-order valence-corrected chi connectivity index (χ2v) is 19.1. The summed E-state index contributed by atoms with van der Waals surface area (Å²) in [4.78, 5) is 25.8. The molecule has 9 heteroatoms. The predicted octanol–water partition coefficient (Wildman–Crippen LogP) is 8.56. The van der Waals surface area contributed by atoms with Gasteiger partial charge in [-0.05, 0) is 73.6 Å². The van der Waals surface area contributed by atoms with Gasteiger partial charge in [-0.1, -0.05) is 94.4 Å². The number of benzene rings is 3. The highest BCUT2D eigenvalue weighted by Crippen LogP contribution is 2.40. The number of rotatable bonds is 14. The van der Waals surface area contributed by atoms with Crippen LogP contribution in [0.15, 0.2) is 78.9 Å². The standard InChI is InChI=1S/C37H51NO7Si/c1-26(23-44-46(8,9)37(5,6)7)32(33(34(39)40)38-35(41)45-36(2,3)4)29-20-21-30(42-24-27-16-12-10-13-17-27)31(22-29)43-25-28-18-14-11-15-19-28/h10-22,26,32-33H,23-25H2,1-9H3,(H,38,41)(H,39,40)/t26?,32?,33-/m0/s1. The van der Waals surface area contributed by atoms with Gasteiger partial charge in [0.2, 0.25) is 0 Å². The molecule has 0 heterocycles. The maximum absolute atomic E-state index is 12.9. The van der Waals surface area contributed by atoms with Crippen molar-refractivity contribution in [1.82, 2.24) is 5.32 Å². The first-order valence-corrected chi connectivity index (χ1v) is 18.7. The van der Waals surface area contributed by atoms with Crippen molar-refractivity contribution in [1.29, 1.82) is 0 Å². The quantitative estimate of drug-likeness (QED) is 0.169. The smallest absolute Gasteiger partial charge is 0.408 e.